The van der Waals surface area contributed by atoms with E-state index in [4.69, 9.17) is 23.2 Å². The number of hydrogen-bond acceptors (Lipinski definition) is 3. The van der Waals surface area contributed by atoms with Gasteiger partial charge in [-0.15, -0.1) is 0 Å². The molecule has 1 aromatic heterocycles. The monoisotopic (exact) mass is 393 g/mol. The largest absolute Gasteiger partial charge is 0.356 e. The second-order valence-electron chi connectivity index (χ2n) is 6.10. The van der Waals surface area contributed by atoms with Crippen LogP contribution >= 0.6 is 23.2 Å². The van der Waals surface area contributed by atoms with Crippen molar-refractivity contribution in [3.05, 3.63) is 57.3 Å². The normalized spacial score (nSPS) is 14.4. The van der Waals surface area contributed by atoms with Gasteiger partial charge in [0.2, 0.25) is 0 Å². The van der Waals surface area contributed by atoms with Gasteiger partial charge in [0, 0.05) is 53.5 Å². The van der Waals surface area contributed by atoms with Crippen molar-refractivity contribution in [1.82, 2.24) is 14.8 Å². The zero-order chi connectivity index (χ0) is 18.8. The highest BCUT2D eigenvalue weighted by Crippen LogP contribution is 2.21. The Labute approximate surface area is 160 Å². The van der Waals surface area contributed by atoms with Gasteiger partial charge in [0.25, 0.3) is 11.8 Å². The lowest BCUT2D eigenvalue weighted by atomic mass is 10.1. The number of aromatic amines is 1. The molecule has 2 aromatic rings. The second kappa shape index (κ2) is 7.51. The van der Waals surface area contributed by atoms with Crippen molar-refractivity contribution in [3.8, 4) is 0 Å². The number of hydrogen-bond donors (Lipinski definition) is 1. The number of rotatable bonds is 3. The number of carbonyl (C=O) groups is 3. The lowest BCUT2D eigenvalue weighted by Crippen LogP contribution is -2.50. The third-order valence-electron chi connectivity index (χ3n) is 4.28. The van der Waals surface area contributed by atoms with Crippen molar-refractivity contribution >= 4 is 40.8 Å². The van der Waals surface area contributed by atoms with Gasteiger partial charge in [-0.25, -0.2) is 0 Å². The van der Waals surface area contributed by atoms with Crippen molar-refractivity contribution in [2.75, 3.05) is 26.2 Å². The Hall–Kier alpha value is -2.31. The summed E-state index contributed by atoms with van der Waals surface area (Å²) in [6, 6.07) is 6.28. The first-order chi connectivity index (χ1) is 12.3. The Morgan fingerprint density at radius 1 is 0.846 bits per heavy atom. The summed E-state index contributed by atoms with van der Waals surface area (Å²) < 4.78 is 0. The molecular weight excluding hydrogens is 377 g/mol. The van der Waals surface area contributed by atoms with E-state index in [0.717, 1.165) is 0 Å². The van der Waals surface area contributed by atoms with Crippen molar-refractivity contribution < 1.29 is 14.4 Å². The number of H-pyrrole nitrogens is 1. The first-order valence-electron chi connectivity index (χ1n) is 8.09. The number of ketones is 1. The zero-order valence-electron chi connectivity index (χ0n) is 14.1. The number of benzene rings is 1. The summed E-state index contributed by atoms with van der Waals surface area (Å²) in [5.74, 6) is -0.452. The Bertz CT molecular complexity index is 850. The maximum Gasteiger partial charge on any atom is 0.270 e. The van der Waals surface area contributed by atoms with Gasteiger partial charge in [0.05, 0.1) is 0 Å². The summed E-state index contributed by atoms with van der Waals surface area (Å²) in [4.78, 5) is 42.6. The molecule has 0 radical (unpaired) electrons. The van der Waals surface area contributed by atoms with Crippen LogP contribution in [-0.2, 0) is 0 Å². The number of carbonyl (C=O) groups excluding carboxylic acids is 3. The van der Waals surface area contributed by atoms with Gasteiger partial charge in [0.1, 0.15) is 5.69 Å². The Morgan fingerprint density at radius 3 is 1.88 bits per heavy atom. The van der Waals surface area contributed by atoms with Crippen molar-refractivity contribution in [1.29, 1.82) is 0 Å². The molecule has 0 bridgehead atoms. The van der Waals surface area contributed by atoms with Crippen LogP contribution in [0.2, 0.25) is 10.0 Å². The molecule has 1 aliphatic rings. The van der Waals surface area contributed by atoms with Crippen molar-refractivity contribution in [2.45, 2.75) is 6.92 Å². The van der Waals surface area contributed by atoms with E-state index in [9.17, 15) is 14.4 Å². The third kappa shape index (κ3) is 3.92. The highest BCUT2D eigenvalue weighted by Gasteiger charge is 2.26. The minimum atomic E-state index is -0.185. The van der Waals surface area contributed by atoms with E-state index < -0.39 is 0 Å². The number of halogens is 2. The number of Topliss-reactive ketones (excluding diaryl/α,β-unsaturated/α-hetero) is 1. The molecular formula is C18H17Cl2N3O3. The molecule has 0 aliphatic carbocycles. The van der Waals surface area contributed by atoms with E-state index in [-0.39, 0.29) is 17.6 Å². The average molecular weight is 394 g/mol. The fraction of sp³-hybridized carbons (Fsp3) is 0.278. The van der Waals surface area contributed by atoms with Gasteiger partial charge in [-0.3, -0.25) is 14.4 Å². The van der Waals surface area contributed by atoms with E-state index in [0.29, 0.717) is 53.0 Å². The van der Waals surface area contributed by atoms with Crippen LogP contribution in [0, 0.1) is 0 Å². The lowest BCUT2D eigenvalue weighted by Gasteiger charge is -2.34. The molecule has 1 aromatic carbocycles. The highest BCUT2D eigenvalue weighted by atomic mass is 35.5. The summed E-state index contributed by atoms with van der Waals surface area (Å²) in [6.07, 6.45) is 1.53. The smallest absolute Gasteiger partial charge is 0.270 e. The molecule has 0 unspecified atom stereocenters. The number of amides is 2. The predicted molar refractivity (Wildman–Crippen MR) is 99.1 cm³/mol. The molecule has 136 valence electrons. The molecule has 1 saturated heterocycles. The van der Waals surface area contributed by atoms with Gasteiger partial charge in [-0.05, 0) is 31.2 Å². The molecule has 3 rings (SSSR count). The van der Waals surface area contributed by atoms with Crippen LogP contribution in [0.5, 0.6) is 0 Å². The lowest BCUT2D eigenvalue weighted by molar-refractivity contribution is 0.0532. The summed E-state index contributed by atoms with van der Waals surface area (Å²) in [7, 11) is 0. The molecule has 8 heteroatoms. The molecule has 0 saturated carbocycles. The quantitative estimate of drug-likeness (QED) is 0.813. The topological polar surface area (TPSA) is 73.5 Å². The van der Waals surface area contributed by atoms with Gasteiger partial charge >= 0.3 is 0 Å². The van der Waals surface area contributed by atoms with E-state index in [1.54, 1.807) is 34.1 Å². The Morgan fingerprint density at radius 2 is 1.38 bits per heavy atom. The first kappa shape index (κ1) is 18.5. The maximum atomic E-state index is 12.6. The number of aromatic nitrogens is 1. The van der Waals surface area contributed by atoms with E-state index in [1.165, 1.54) is 13.1 Å². The van der Waals surface area contributed by atoms with Crippen LogP contribution < -0.4 is 0 Å². The summed E-state index contributed by atoms with van der Waals surface area (Å²) in [6.45, 7) is 3.09. The number of nitrogens with one attached hydrogen (secondary N) is 1. The summed E-state index contributed by atoms with van der Waals surface area (Å²) in [5.41, 5.74) is 1.27. The zero-order valence-corrected chi connectivity index (χ0v) is 15.6. The average Bonchev–Trinajstić information content (AvgIpc) is 3.10. The van der Waals surface area contributed by atoms with Crippen LogP contribution in [0.1, 0.15) is 38.1 Å². The van der Waals surface area contributed by atoms with Gasteiger partial charge < -0.3 is 14.8 Å². The Balaban J connectivity index is 1.63. The molecule has 2 amide bonds. The molecule has 0 spiro atoms. The fourth-order valence-electron chi connectivity index (χ4n) is 2.86. The molecule has 1 N–H and O–H groups in total. The van der Waals surface area contributed by atoms with E-state index >= 15 is 0 Å². The SMILES string of the molecule is CC(=O)c1c[nH]c(C(=O)N2CCN(C(=O)c3cc(Cl)cc(Cl)c3)CC2)c1. The van der Waals surface area contributed by atoms with Crippen LogP contribution in [0.4, 0.5) is 0 Å². The van der Waals surface area contributed by atoms with Crippen LogP contribution in [0.15, 0.2) is 30.5 Å². The Kier molecular flexibility index (Phi) is 5.34. The third-order valence-corrected chi connectivity index (χ3v) is 4.72. The summed E-state index contributed by atoms with van der Waals surface area (Å²) in [5, 5.41) is 0.811. The molecule has 2 heterocycles. The van der Waals surface area contributed by atoms with Gasteiger partial charge in [-0.1, -0.05) is 23.2 Å². The fourth-order valence-corrected chi connectivity index (χ4v) is 3.39. The minimum Gasteiger partial charge on any atom is -0.356 e. The number of piperazine rings is 1. The molecule has 0 atom stereocenters. The van der Waals surface area contributed by atoms with Crippen molar-refractivity contribution in [2.24, 2.45) is 0 Å². The van der Waals surface area contributed by atoms with Crippen molar-refractivity contribution in [3.63, 3.8) is 0 Å². The summed E-state index contributed by atoms with van der Waals surface area (Å²) >= 11 is 11.9. The van der Waals surface area contributed by atoms with Crippen LogP contribution in [-0.4, -0.2) is 58.6 Å². The maximum absolute atomic E-state index is 12.6. The standard InChI is InChI=1S/C18H17Cl2N3O3/c1-11(24)13-8-16(21-10-13)18(26)23-4-2-22(3-5-23)17(25)12-6-14(19)9-15(20)7-12/h6-10,21H,2-5H2,1H3. The minimum absolute atomic E-state index is 0.101. The van der Waals surface area contributed by atoms with Crippen LogP contribution in [0.3, 0.4) is 0 Å². The first-order valence-corrected chi connectivity index (χ1v) is 8.85. The molecule has 6 nitrogen and oxygen atoms in total. The van der Waals surface area contributed by atoms with Gasteiger partial charge in [-0.2, -0.15) is 0 Å². The molecule has 1 fully saturated rings. The number of nitrogens with zero attached hydrogens (tertiary/aromatic N) is 2. The molecule has 26 heavy (non-hydrogen) atoms. The van der Waals surface area contributed by atoms with E-state index in [1.807, 2.05) is 0 Å². The van der Waals surface area contributed by atoms with Gasteiger partial charge in [0.15, 0.2) is 5.78 Å². The highest BCUT2D eigenvalue weighted by molar-refractivity contribution is 6.35. The molecule has 1 aliphatic heterocycles. The second-order valence-corrected chi connectivity index (χ2v) is 6.97. The predicted octanol–water partition coefficient (Wildman–Crippen LogP) is 3.12. The van der Waals surface area contributed by atoms with E-state index in [2.05, 4.69) is 4.98 Å². The van der Waals surface area contributed by atoms with Crippen LogP contribution in [0.25, 0.3) is 0 Å².